The smallest absolute Gasteiger partial charge is 0.276 e. The second-order valence-electron chi connectivity index (χ2n) is 12.2. The maximum Gasteiger partial charge on any atom is 0.276 e. The largest absolute Gasteiger partial charge is 0.377 e. The van der Waals surface area contributed by atoms with Gasteiger partial charge in [-0.15, -0.1) is 0 Å². The molecule has 0 unspecified atom stereocenters. The summed E-state index contributed by atoms with van der Waals surface area (Å²) in [7, 11) is 1.75. The van der Waals surface area contributed by atoms with Crippen LogP contribution >= 0.6 is 0 Å². The zero-order chi connectivity index (χ0) is 28.5. The zero-order valence-electron chi connectivity index (χ0n) is 24.0. The molecule has 7 rings (SSSR count). The number of carbonyl (C=O) groups excluding carboxylic acids is 1. The van der Waals surface area contributed by atoms with Crippen molar-refractivity contribution < 1.29 is 9.53 Å². The molecule has 1 fully saturated rings. The zero-order valence-corrected chi connectivity index (χ0v) is 24.0. The van der Waals surface area contributed by atoms with E-state index in [2.05, 4.69) is 41.7 Å². The van der Waals surface area contributed by atoms with E-state index in [1.807, 2.05) is 34.0 Å². The van der Waals surface area contributed by atoms with Crippen molar-refractivity contribution in [3.8, 4) is 11.1 Å². The van der Waals surface area contributed by atoms with Crippen molar-refractivity contribution in [2.45, 2.75) is 52.6 Å². The summed E-state index contributed by atoms with van der Waals surface area (Å²) >= 11 is 0. The van der Waals surface area contributed by atoms with E-state index in [0.717, 1.165) is 41.8 Å². The first-order valence-corrected chi connectivity index (χ1v) is 14.3. The maximum atomic E-state index is 13.8. The summed E-state index contributed by atoms with van der Waals surface area (Å²) in [6, 6.07) is 6.20. The van der Waals surface area contributed by atoms with Crippen LogP contribution < -0.4 is 15.8 Å². The molecular formula is C31H35N7O3. The van der Waals surface area contributed by atoms with Crippen molar-refractivity contribution in [3.05, 3.63) is 76.0 Å². The number of imidazole rings is 1. The van der Waals surface area contributed by atoms with E-state index >= 15 is 0 Å². The lowest BCUT2D eigenvalue weighted by atomic mass is 9.90. The highest BCUT2D eigenvalue weighted by Gasteiger charge is 2.37. The summed E-state index contributed by atoms with van der Waals surface area (Å²) in [5, 5.41) is 3.22. The van der Waals surface area contributed by atoms with Crippen molar-refractivity contribution in [2.24, 2.45) is 12.5 Å². The Bertz CT molecular complexity index is 1740. The minimum absolute atomic E-state index is 0.00178. The number of ether oxygens (including phenoxy) is 1. The maximum absolute atomic E-state index is 13.8. The molecule has 0 saturated carbocycles. The highest BCUT2D eigenvalue weighted by atomic mass is 16.5. The molecule has 212 valence electrons. The normalized spacial score (nSPS) is 17.9. The molecule has 10 nitrogen and oxygen atoms in total. The van der Waals surface area contributed by atoms with Gasteiger partial charge >= 0.3 is 0 Å². The summed E-state index contributed by atoms with van der Waals surface area (Å²) in [6.07, 6.45) is 9.95. The second-order valence-corrected chi connectivity index (χ2v) is 12.2. The number of anilines is 3. The van der Waals surface area contributed by atoms with Crippen LogP contribution in [0.15, 0.2) is 47.9 Å². The van der Waals surface area contributed by atoms with E-state index in [9.17, 15) is 9.59 Å². The molecule has 0 bridgehead atoms. The van der Waals surface area contributed by atoms with Crippen LogP contribution in [0, 0.1) is 5.41 Å². The average molecular weight is 554 g/mol. The van der Waals surface area contributed by atoms with Crippen LogP contribution in [0.2, 0.25) is 0 Å². The molecule has 1 saturated heterocycles. The molecule has 1 N–H and O–H groups in total. The van der Waals surface area contributed by atoms with E-state index in [4.69, 9.17) is 9.72 Å². The quantitative estimate of drug-likeness (QED) is 0.386. The first kappa shape index (κ1) is 25.8. The third-order valence-electron chi connectivity index (χ3n) is 8.67. The lowest BCUT2D eigenvalue weighted by Crippen LogP contribution is -2.41. The predicted octanol–water partition coefficient (Wildman–Crippen LogP) is 4.11. The molecule has 0 aromatic carbocycles. The monoisotopic (exact) mass is 553 g/mol. The van der Waals surface area contributed by atoms with Crippen LogP contribution in [0.5, 0.6) is 0 Å². The minimum Gasteiger partial charge on any atom is -0.377 e. The Kier molecular flexibility index (Phi) is 5.93. The Balaban J connectivity index is 1.22. The Morgan fingerprint density at radius 1 is 1.10 bits per heavy atom. The van der Waals surface area contributed by atoms with Crippen molar-refractivity contribution in [2.75, 3.05) is 30.0 Å². The SMILES string of the molecule is CCc1c(-c2cc(Nc3cn(C4COC4)cn3)c(=O)n(C)c2)ccnc1N1CCn2c(cc3c2CC(C)(C)C3)C1=O. The van der Waals surface area contributed by atoms with Crippen LogP contribution in [0.1, 0.15) is 54.1 Å². The Hall–Kier alpha value is -4.18. The third-order valence-corrected chi connectivity index (χ3v) is 8.67. The molecule has 2 aliphatic heterocycles. The van der Waals surface area contributed by atoms with Crippen molar-refractivity contribution >= 4 is 23.2 Å². The fourth-order valence-corrected chi connectivity index (χ4v) is 6.53. The van der Waals surface area contributed by atoms with Crippen LogP contribution in [0.25, 0.3) is 11.1 Å². The van der Waals surface area contributed by atoms with E-state index in [0.29, 0.717) is 43.5 Å². The van der Waals surface area contributed by atoms with Gasteiger partial charge in [-0.2, -0.15) is 0 Å². The molecule has 1 amide bonds. The van der Waals surface area contributed by atoms with Gasteiger partial charge in [-0.05, 0) is 54.0 Å². The molecule has 3 aliphatic rings. The molecule has 0 spiro atoms. The first-order chi connectivity index (χ1) is 19.7. The second kappa shape index (κ2) is 9.44. The summed E-state index contributed by atoms with van der Waals surface area (Å²) in [5.74, 6) is 1.29. The number of fused-ring (bicyclic) bond motifs is 3. The number of hydrogen-bond donors (Lipinski definition) is 1. The van der Waals surface area contributed by atoms with E-state index in [1.165, 1.54) is 11.3 Å². The van der Waals surface area contributed by atoms with Gasteiger partial charge < -0.3 is 23.8 Å². The molecule has 0 radical (unpaired) electrons. The molecule has 4 aromatic heterocycles. The Morgan fingerprint density at radius 3 is 2.68 bits per heavy atom. The number of amides is 1. The number of aryl methyl sites for hydroxylation is 1. The Labute approximate surface area is 238 Å². The number of nitrogens with one attached hydrogen (secondary N) is 1. The van der Waals surface area contributed by atoms with Gasteiger partial charge in [0.1, 0.15) is 23.0 Å². The number of carbonyl (C=O) groups is 1. The summed E-state index contributed by atoms with van der Waals surface area (Å²) in [6.45, 7) is 9.33. The lowest BCUT2D eigenvalue weighted by Gasteiger charge is -2.31. The van der Waals surface area contributed by atoms with Gasteiger partial charge in [-0.3, -0.25) is 14.5 Å². The highest BCUT2D eigenvalue weighted by molar-refractivity contribution is 6.06. The van der Waals surface area contributed by atoms with Gasteiger partial charge in [0.15, 0.2) is 0 Å². The van der Waals surface area contributed by atoms with Crippen molar-refractivity contribution in [1.29, 1.82) is 0 Å². The molecule has 0 atom stereocenters. The molecular weight excluding hydrogens is 518 g/mol. The van der Waals surface area contributed by atoms with Gasteiger partial charge in [-0.1, -0.05) is 20.8 Å². The topological polar surface area (TPSA) is 99.2 Å². The molecule has 4 aromatic rings. The molecule has 1 aliphatic carbocycles. The van der Waals surface area contributed by atoms with Gasteiger partial charge in [-0.25, -0.2) is 9.97 Å². The van der Waals surface area contributed by atoms with Crippen molar-refractivity contribution in [3.63, 3.8) is 0 Å². The van der Waals surface area contributed by atoms with Gasteiger partial charge in [0, 0.05) is 55.5 Å². The number of pyridine rings is 2. The average Bonchev–Trinajstić information content (AvgIpc) is 3.58. The number of nitrogens with zero attached hydrogens (tertiary/aromatic N) is 6. The molecule has 41 heavy (non-hydrogen) atoms. The third kappa shape index (κ3) is 4.28. The van der Waals surface area contributed by atoms with Crippen molar-refractivity contribution in [1.82, 2.24) is 23.7 Å². The number of rotatable bonds is 6. The summed E-state index contributed by atoms with van der Waals surface area (Å²) in [5.41, 5.74) is 6.70. The molecule has 6 heterocycles. The minimum atomic E-state index is -0.147. The van der Waals surface area contributed by atoms with Gasteiger partial charge in [0.2, 0.25) is 0 Å². The Morgan fingerprint density at radius 2 is 1.93 bits per heavy atom. The fourth-order valence-electron chi connectivity index (χ4n) is 6.53. The number of aromatic nitrogens is 5. The van der Waals surface area contributed by atoms with Crippen LogP contribution in [-0.2, 0) is 37.6 Å². The number of hydrogen-bond acceptors (Lipinski definition) is 6. The van der Waals surface area contributed by atoms with Crippen LogP contribution in [0.4, 0.5) is 17.3 Å². The van der Waals surface area contributed by atoms with Crippen LogP contribution in [0.3, 0.4) is 0 Å². The van der Waals surface area contributed by atoms with Gasteiger partial charge in [0.05, 0.1) is 25.6 Å². The first-order valence-electron chi connectivity index (χ1n) is 14.3. The highest BCUT2D eigenvalue weighted by Crippen LogP contribution is 2.40. The molecule has 10 heteroatoms. The van der Waals surface area contributed by atoms with E-state index in [1.54, 1.807) is 24.1 Å². The fraction of sp³-hybridized carbons (Fsp3) is 0.419. The summed E-state index contributed by atoms with van der Waals surface area (Å²) < 4.78 is 11.1. The van der Waals surface area contributed by atoms with E-state index < -0.39 is 0 Å². The van der Waals surface area contributed by atoms with E-state index in [-0.39, 0.29) is 22.9 Å². The predicted molar refractivity (Wildman–Crippen MR) is 157 cm³/mol. The van der Waals surface area contributed by atoms with Crippen LogP contribution in [-0.4, -0.2) is 49.3 Å². The van der Waals surface area contributed by atoms with Gasteiger partial charge in [0.25, 0.3) is 11.5 Å². The lowest BCUT2D eigenvalue weighted by molar-refractivity contribution is -0.0233. The summed E-state index contributed by atoms with van der Waals surface area (Å²) in [4.78, 5) is 37.9. The standard InChI is InChI=1S/C31H35N7O3/c1-5-22-23(20-10-24(29(39)35(4)14-20)34-27-15-36(18-33-27)21-16-41-17-21)6-7-32-28(22)38-9-8-37-25(30(38)40)11-19-12-31(2,3)13-26(19)37/h6-7,10-11,14-15,18,21,34H,5,8-9,12-13,16-17H2,1-4H3.